The molecule has 3 rings (SSSR count). The van der Waals surface area contributed by atoms with Gasteiger partial charge in [0.1, 0.15) is 5.82 Å². The molecule has 0 radical (unpaired) electrons. The van der Waals surface area contributed by atoms with Crippen LogP contribution in [0.4, 0.5) is 18.9 Å². The maximum Gasteiger partial charge on any atom is 0.387 e. The van der Waals surface area contributed by atoms with Crippen LogP contribution in [-0.4, -0.2) is 32.1 Å². The van der Waals surface area contributed by atoms with Gasteiger partial charge in [-0.15, -0.1) is 0 Å². The standard InChI is InChI=1S/C20H19F3N2O4/c1-28-17-8-12(6-7-16(17)29-20(22)23)10-24-19(27)13-9-18(26)25(11-13)15-5-3-2-4-14(15)21/h2-8,13,20H,9-11H2,1H3,(H,24,27). The van der Waals surface area contributed by atoms with E-state index in [0.29, 0.717) is 5.56 Å². The van der Waals surface area contributed by atoms with Crippen molar-refractivity contribution in [1.82, 2.24) is 5.32 Å². The number of benzene rings is 2. The minimum atomic E-state index is -2.98. The number of nitrogens with zero attached hydrogens (tertiary/aromatic N) is 1. The molecule has 1 unspecified atom stereocenters. The number of ether oxygens (including phenoxy) is 2. The number of anilines is 1. The molecule has 2 aromatic rings. The van der Waals surface area contributed by atoms with Crippen LogP contribution in [0.3, 0.4) is 0 Å². The highest BCUT2D eigenvalue weighted by molar-refractivity contribution is 6.00. The zero-order valence-electron chi connectivity index (χ0n) is 15.5. The van der Waals surface area contributed by atoms with Gasteiger partial charge in [-0.25, -0.2) is 4.39 Å². The first-order valence-electron chi connectivity index (χ1n) is 8.83. The van der Waals surface area contributed by atoms with E-state index in [1.165, 1.54) is 48.4 Å². The number of para-hydroxylation sites is 1. The first-order chi connectivity index (χ1) is 13.9. The smallest absolute Gasteiger partial charge is 0.387 e. The second-order valence-electron chi connectivity index (χ2n) is 6.44. The van der Waals surface area contributed by atoms with Gasteiger partial charge < -0.3 is 19.7 Å². The van der Waals surface area contributed by atoms with Gasteiger partial charge in [-0.1, -0.05) is 18.2 Å². The van der Waals surface area contributed by atoms with Gasteiger partial charge in [-0.2, -0.15) is 8.78 Å². The summed E-state index contributed by atoms with van der Waals surface area (Å²) >= 11 is 0. The lowest BCUT2D eigenvalue weighted by Gasteiger charge is -2.17. The van der Waals surface area contributed by atoms with E-state index < -0.39 is 18.3 Å². The summed E-state index contributed by atoms with van der Waals surface area (Å²) in [6, 6.07) is 10.2. The summed E-state index contributed by atoms with van der Waals surface area (Å²) in [6.45, 7) is -2.79. The molecule has 9 heteroatoms. The molecule has 6 nitrogen and oxygen atoms in total. The van der Waals surface area contributed by atoms with Crippen LogP contribution in [0.15, 0.2) is 42.5 Å². The number of nitrogens with one attached hydrogen (secondary N) is 1. The van der Waals surface area contributed by atoms with Crippen molar-refractivity contribution in [1.29, 1.82) is 0 Å². The van der Waals surface area contributed by atoms with Gasteiger partial charge >= 0.3 is 6.61 Å². The molecule has 1 atom stereocenters. The lowest BCUT2D eigenvalue weighted by molar-refractivity contribution is -0.126. The second-order valence-corrected chi connectivity index (χ2v) is 6.44. The highest BCUT2D eigenvalue weighted by atomic mass is 19.3. The molecule has 1 saturated heterocycles. The highest BCUT2D eigenvalue weighted by Crippen LogP contribution is 2.30. The number of halogens is 3. The minimum Gasteiger partial charge on any atom is -0.493 e. The molecule has 0 spiro atoms. The van der Waals surface area contributed by atoms with Crippen molar-refractivity contribution < 1.29 is 32.2 Å². The molecule has 154 valence electrons. The Morgan fingerprint density at radius 1 is 1.24 bits per heavy atom. The van der Waals surface area contributed by atoms with Crippen LogP contribution >= 0.6 is 0 Å². The summed E-state index contributed by atoms with van der Waals surface area (Å²) in [4.78, 5) is 25.9. The fourth-order valence-corrected chi connectivity index (χ4v) is 3.14. The van der Waals surface area contributed by atoms with Crippen LogP contribution in [0.1, 0.15) is 12.0 Å². The van der Waals surface area contributed by atoms with E-state index in [9.17, 15) is 22.8 Å². The molecule has 2 amide bonds. The van der Waals surface area contributed by atoms with E-state index in [2.05, 4.69) is 10.1 Å². The number of methoxy groups -OCH3 is 1. The van der Waals surface area contributed by atoms with E-state index >= 15 is 0 Å². The molecular formula is C20H19F3N2O4. The number of amides is 2. The van der Waals surface area contributed by atoms with Gasteiger partial charge in [-0.05, 0) is 29.8 Å². The molecule has 0 bridgehead atoms. The Balaban J connectivity index is 1.61. The second kappa shape index (κ2) is 8.85. The Morgan fingerprint density at radius 2 is 2.00 bits per heavy atom. The van der Waals surface area contributed by atoms with Crippen molar-refractivity contribution in [3.8, 4) is 11.5 Å². The van der Waals surface area contributed by atoms with E-state index in [1.807, 2.05) is 0 Å². The summed E-state index contributed by atoms with van der Waals surface area (Å²) in [5, 5.41) is 2.70. The summed E-state index contributed by atoms with van der Waals surface area (Å²) in [6.07, 6.45) is -0.0232. The zero-order chi connectivity index (χ0) is 21.0. The third kappa shape index (κ3) is 4.79. The first-order valence-corrected chi connectivity index (χ1v) is 8.83. The Kier molecular flexibility index (Phi) is 6.26. The largest absolute Gasteiger partial charge is 0.493 e. The van der Waals surface area contributed by atoms with Crippen LogP contribution in [0.25, 0.3) is 0 Å². The number of rotatable bonds is 7. The highest BCUT2D eigenvalue weighted by Gasteiger charge is 2.36. The maximum atomic E-state index is 13.9. The Morgan fingerprint density at radius 3 is 2.69 bits per heavy atom. The third-order valence-electron chi connectivity index (χ3n) is 4.55. The van der Waals surface area contributed by atoms with Gasteiger partial charge in [0.15, 0.2) is 11.5 Å². The SMILES string of the molecule is COc1cc(CNC(=O)C2CC(=O)N(c3ccccc3F)C2)ccc1OC(F)F. The average Bonchev–Trinajstić information content (AvgIpc) is 3.08. The first kappa shape index (κ1) is 20.5. The predicted molar refractivity (Wildman–Crippen MR) is 98.3 cm³/mol. The van der Waals surface area contributed by atoms with Crippen molar-refractivity contribution in [3.63, 3.8) is 0 Å². The average molecular weight is 408 g/mol. The van der Waals surface area contributed by atoms with Crippen molar-refractivity contribution in [2.45, 2.75) is 19.6 Å². The summed E-state index contributed by atoms with van der Waals surface area (Å²) in [5.74, 6) is -1.83. The van der Waals surface area contributed by atoms with Crippen molar-refractivity contribution >= 4 is 17.5 Å². The third-order valence-corrected chi connectivity index (χ3v) is 4.55. The lowest BCUT2D eigenvalue weighted by atomic mass is 10.1. The number of carbonyl (C=O) groups excluding carboxylic acids is 2. The van der Waals surface area contributed by atoms with Gasteiger partial charge in [0.05, 0.1) is 18.7 Å². The van der Waals surface area contributed by atoms with Gasteiger partial charge in [-0.3, -0.25) is 9.59 Å². The molecular weight excluding hydrogens is 389 g/mol. The van der Waals surface area contributed by atoms with Gasteiger partial charge in [0.2, 0.25) is 11.8 Å². The zero-order valence-corrected chi connectivity index (χ0v) is 15.5. The molecule has 1 heterocycles. The minimum absolute atomic E-state index is 0.0232. The van der Waals surface area contributed by atoms with E-state index in [4.69, 9.17) is 4.74 Å². The molecule has 1 aliphatic heterocycles. The van der Waals surface area contributed by atoms with Crippen LogP contribution in [0.2, 0.25) is 0 Å². The van der Waals surface area contributed by atoms with Gasteiger partial charge in [0.25, 0.3) is 0 Å². The van der Waals surface area contributed by atoms with Crippen molar-refractivity contribution in [3.05, 3.63) is 53.8 Å². The molecule has 2 aromatic carbocycles. The van der Waals surface area contributed by atoms with Crippen LogP contribution < -0.4 is 19.7 Å². The summed E-state index contributed by atoms with van der Waals surface area (Å²) in [7, 11) is 1.32. The van der Waals surface area contributed by atoms with Crippen molar-refractivity contribution in [2.24, 2.45) is 5.92 Å². The fourth-order valence-electron chi connectivity index (χ4n) is 3.14. The number of alkyl halides is 2. The van der Waals surface area contributed by atoms with Crippen LogP contribution in [0.5, 0.6) is 11.5 Å². The van der Waals surface area contributed by atoms with Crippen molar-refractivity contribution in [2.75, 3.05) is 18.6 Å². The topological polar surface area (TPSA) is 67.9 Å². The Labute approximate surface area is 165 Å². The van der Waals surface area contributed by atoms with E-state index in [1.54, 1.807) is 6.07 Å². The van der Waals surface area contributed by atoms with Crippen LogP contribution in [0, 0.1) is 11.7 Å². The number of hydrogen-bond acceptors (Lipinski definition) is 4. The summed E-state index contributed by atoms with van der Waals surface area (Å²) < 4.78 is 48.1. The molecule has 0 saturated carbocycles. The number of hydrogen-bond donors (Lipinski definition) is 1. The van der Waals surface area contributed by atoms with Crippen LogP contribution in [-0.2, 0) is 16.1 Å². The fraction of sp³-hybridized carbons (Fsp3) is 0.300. The summed E-state index contributed by atoms with van der Waals surface area (Å²) in [5.41, 5.74) is 0.749. The molecule has 29 heavy (non-hydrogen) atoms. The molecule has 1 fully saturated rings. The molecule has 0 aliphatic carbocycles. The Bertz CT molecular complexity index is 907. The number of carbonyl (C=O) groups is 2. The maximum absolute atomic E-state index is 13.9. The van der Waals surface area contributed by atoms with E-state index in [0.717, 1.165) is 0 Å². The lowest BCUT2D eigenvalue weighted by Crippen LogP contribution is -2.32. The molecule has 0 aromatic heterocycles. The molecule has 1 N–H and O–H groups in total. The monoisotopic (exact) mass is 408 g/mol. The predicted octanol–water partition coefficient (Wildman–Crippen LogP) is 3.11. The Hall–Kier alpha value is -3.23. The van der Waals surface area contributed by atoms with Gasteiger partial charge in [0, 0.05) is 19.5 Å². The molecule has 1 aliphatic rings. The normalized spacial score (nSPS) is 16.2. The van der Waals surface area contributed by atoms with E-state index in [-0.39, 0.29) is 48.5 Å². The quantitative estimate of drug-likeness (QED) is 0.765.